The summed E-state index contributed by atoms with van der Waals surface area (Å²) in [6, 6.07) is 4.05. The minimum atomic E-state index is -3.35. The Morgan fingerprint density at radius 3 is 2.50 bits per heavy atom. The monoisotopic (exact) mass is 401 g/mol. The average molecular weight is 402 g/mol. The lowest BCUT2D eigenvalue weighted by Crippen LogP contribution is -2.33. The second-order valence-electron chi connectivity index (χ2n) is 7.80. The summed E-state index contributed by atoms with van der Waals surface area (Å²) in [5.41, 5.74) is 1.91. The van der Waals surface area contributed by atoms with Crippen molar-refractivity contribution in [2.24, 2.45) is 0 Å². The van der Waals surface area contributed by atoms with Crippen molar-refractivity contribution in [3.05, 3.63) is 42.0 Å². The standard InChI is InChI=1S/C20H27N5O2S/c1-28(26,27)18-14-22-20(25-9-2-3-10-25)23-19(18)17-6-11-24(12-7-17)15-16-5-4-8-21-13-16/h4-5,8,13-14,17H,2-3,6-7,9-12,15H2,1H3. The van der Waals surface area contributed by atoms with E-state index in [1.54, 1.807) is 6.20 Å². The fourth-order valence-corrected chi connectivity index (χ4v) is 4.97. The maximum absolute atomic E-state index is 12.3. The van der Waals surface area contributed by atoms with Gasteiger partial charge in [0.15, 0.2) is 9.84 Å². The first kappa shape index (κ1) is 19.3. The van der Waals surface area contributed by atoms with Crippen molar-refractivity contribution < 1.29 is 8.42 Å². The van der Waals surface area contributed by atoms with Crippen molar-refractivity contribution in [2.45, 2.75) is 43.0 Å². The summed E-state index contributed by atoms with van der Waals surface area (Å²) in [4.78, 5) is 18.2. The number of hydrogen-bond acceptors (Lipinski definition) is 7. The van der Waals surface area contributed by atoms with Crippen LogP contribution in [0.1, 0.15) is 42.9 Å². The van der Waals surface area contributed by atoms with E-state index in [0.29, 0.717) is 16.5 Å². The van der Waals surface area contributed by atoms with E-state index in [0.717, 1.165) is 58.4 Å². The summed E-state index contributed by atoms with van der Waals surface area (Å²) in [5, 5.41) is 0. The van der Waals surface area contributed by atoms with E-state index in [1.165, 1.54) is 18.0 Å². The van der Waals surface area contributed by atoms with Crippen LogP contribution in [-0.2, 0) is 16.4 Å². The van der Waals surface area contributed by atoms with Gasteiger partial charge in [0.25, 0.3) is 0 Å². The summed E-state index contributed by atoms with van der Waals surface area (Å²) >= 11 is 0. The second kappa shape index (κ2) is 8.13. The zero-order valence-corrected chi connectivity index (χ0v) is 17.1. The molecule has 2 saturated heterocycles. The fourth-order valence-electron chi connectivity index (χ4n) is 4.14. The Morgan fingerprint density at radius 1 is 1.11 bits per heavy atom. The first-order valence-corrected chi connectivity index (χ1v) is 11.8. The van der Waals surface area contributed by atoms with Crippen molar-refractivity contribution in [3.8, 4) is 0 Å². The summed E-state index contributed by atoms with van der Waals surface area (Å²) in [6.45, 7) is 4.61. The van der Waals surface area contributed by atoms with Gasteiger partial charge in [-0.2, -0.15) is 0 Å². The van der Waals surface area contributed by atoms with Crippen LogP contribution in [0.25, 0.3) is 0 Å². The Bertz CT molecular complexity index is 905. The fraction of sp³-hybridized carbons (Fsp3) is 0.550. The number of likely N-dealkylation sites (tertiary alicyclic amines) is 1. The van der Waals surface area contributed by atoms with Crippen LogP contribution in [-0.4, -0.2) is 60.7 Å². The highest BCUT2D eigenvalue weighted by Gasteiger charge is 2.28. The molecule has 150 valence electrons. The van der Waals surface area contributed by atoms with Crippen LogP contribution < -0.4 is 4.90 Å². The molecule has 7 nitrogen and oxygen atoms in total. The third kappa shape index (κ3) is 4.33. The van der Waals surface area contributed by atoms with Crippen LogP contribution in [0.2, 0.25) is 0 Å². The molecule has 8 heteroatoms. The molecule has 4 rings (SSSR count). The molecule has 0 amide bonds. The molecule has 0 N–H and O–H groups in total. The molecule has 0 bridgehead atoms. The van der Waals surface area contributed by atoms with Gasteiger partial charge in [-0.3, -0.25) is 9.88 Å². The van der Waals surface area contributed by atoms with Crippen LogP contribution in [0.15, 0.2) is 35.6 Å². The minimum Gasteiger partial charge on any atom is -0.341 e. The van der Waals surface area contributed by atoms with Gasteiger partial charge in [0.1, 0.15) is 4.90 Å². The Balaban J connectivity index is 1.52. The zero-order chi connectivity index (χ0) is 19.6. The van der Waals surface area contributed by atoms with Crippen molar-refractivity contribution in [2.75, 3.05) is 37.3 Å². The largest absolute Gasteiger partial charge is 0.341 e. The van der Waals surface area contributed by atoms with Crippen LogP contribution in [0, 0.1) is 0 Å². The smallest absolute Gasteiger partial charge is 0.225 e. The van der Waals surface area contributed by atoms with Crippen LogP contribution >= 0.6 is 0 Å². The van der Waals surface area contributed by atoms with E-state index < -0.39 is 9.84 Å². The molecule has 0 atom stereocenters. The molecular formula is C20H27N5O2S. The molecule has 0 aromatic carbocycles. The van der Waals surface area contributed by atoms with Gasteiger partial charge < -0.3 is 4.90 Å². The van der Waals surface area contributed by atoms with Gasteiger partial charge in [-0.15, -0.1) is 0 Å². The molecular weight excluding hydrogens is 374 g/mol. The molecule has 0 unspecified atom stereocenters. The second-order valence-corrected chi connectivity index (χ2v) is 9.78. The molecule has 0 spiro atoms. The number of piperidine rings is 1. The topological polar surface area (TPSA) is 79.3 Å². The van der Waals surface area contributed by atoms with Crippen molar-refractivity contribution >= 4 is 15.8 Å². The van der Waals surface area contributed by atoms with Crippen LogP contribution in [0.4, 0.5) is 5.95 Å². The first-order valence-electron chi connectivity index (χ1n) is 9.94. The molecule has 2 aliphatic heterocycles. The third-order valence-corrected chi connectivity index (χ3v) is 6.78. The molecule has 28 heavy (non-hydrogen) atoms. The van der Waals surface area contributed by atoms with Gasteiger partial charge in [-0.25, -0.2) is 18.4 Å². The number of hydrogen-bond donors (Lipinski definition) is 0. The highest BCUT2D eigenvalue weighted by Crippen LogP contribution is 2.32. The average Bonchev–Trinajstić information content (AvgIpc) is 3.23. The lowest BCUT2D eigenvalue weighted by molar-refractivity contribution is 0.202. The third-order valence-electron chi connectivity index (χ3n) is 5.66. The summed E-state index contributed by atoms with van der Waals surface area (Å²) in [7, 11) is -3.35. The quantitative estimate of drug-likeness (QED) is 0.760. The van der Waals surface area contributed by atoms with Gasteiger partial charge >= 0.3 is 0 Å². The van der Waals surface area contributed by atoms with Gasteiger partial charge in [0.05, 0.1) is 11.9 Å². The molecule has 0 saturated carbocycles. The van der Waals surface area contributed by atoms with Crippen molar-refractivity contribution in [1.82, 2.24) is 19.9 Å². The van der Waals surface area contributed by atoms with E-state index in [1.807, 2.05) is 12.3 Å². The Morgan fingerprint density at radius 2 is 1.86 bits per heavy atom. The molecule has 2 aliphatic rings. The zero-order valence-electron chi connectivity index (χ0n) is 16.3. The number of nitrogens with zero attached hydrogens (tertiary/aromatic N) is 5. The lowest BCUT2D eigenvalue weighted by Gasteiger charge is -2.32. The molecule has 0 radical (unpaired) electrons. The van der Waals surface area contributed by atoms with Crippen LogP contribution in [0.3, 0.4) is 0 Å². The van der Waals surface area contributed by atoms with E-state index in [9.17, 15) is 8.42 Å². The number of pyridine rings is 1. The predicted molar refractivity (Wildman–Crippen MR) is 108 cm³/mol. The lowest BCUT2D eigenvalue weighted by atomic mass is 9.93. The van der Waals surface area contributed by atoms with Gasteiger partial charge in [-0.1, -0.05) is 6.07 Å². The van der Waals surface area contributed by atoms with E-state index in [2.05, 4.69) is 25.8 Å². The van der Waals surface area contributed by atoms with Crippen molar-refractivity contribution in [3.63, 3.8) is 0 Å². The summed E-state index contributed by atoms with van der Waals surface area (Å²) in [5.74, 6) is 0.830. The Hall–Kier alpha value is -2.06. The first-order chi connectivity index (χ1) is 13.5. The maximum Gasteiger partial charge on any atom is 0.225 e. The van der Waals surface area contributed by atoms with Crippen molar-refractivity contribution in [1.29, 1.82) is 0 Å². The van der Waals surface area contributed by atoms with E-state index >= 15 is 0 Å². The van der Waals surface area contributed by atoms with E-state index in [-0.39, 0.29) is 5.92 Å². The SMILES string of the molecule is CS(=O)(=O)c1cnc(N2CCCC2)nc1C1CCN(Cc2cccnc2)CC1. The molecule has 2 fully saturated rings. The predicted octanol–water partition coefficient (Wildman–Crippen LogP) is 2.25. The Labute approximate surface area is 166 Å². The maximum atomic E-state index is 12.3. The summed E-state index contributed by atoms with van der Waals surface area (Å²) in [6.07, 6.45) is 10.5. The molecule has 2 aromatic rings. The highest BCUT2D eigenvalue weighted by molar-refractivity contribution is 7.90. The normalized spacial score (nSPS) is 19.2. The summed E-state index contributed by atoms with van der Waals surface area (Å²) < 4.78 is 24.6. The number of aromatic nitrogens is 3. The number of anilines is 1. The van der Waals surface area contributed by atoms with Gasteiger partial charge in [-0.05, 0) is 50.4 Å². The van der Waals surface area contributed by atoms with Gasteiger partial charge in [0, 0.05) is 44.2 Å². The van der Waals surface area contributed by atoms with E-state index in [4.69, 9.17) is 4.98 Å². The van der Waals surface area contributed by atoms with Gasteiger partial charge in [0.2, 0.25) is 5.95 Å². The molecule has 2 aromatic heterocycles. The number of sulfone groups is 1. The Kier molecular flexibility index (Phi) is 5.59. The number of rotatable bonds is 5. The molecule has 0 aliphatic carbocycles. The highest BCUT2D eigenvalue weighted by atomic mass is 32.2. The molecule has 4 heterocycles. The minimum absolute atomic E-state index is 0.152. The van der Waals surface area contributed by atoms with Crippen LogP contribution in [0.5, 0.6) is 0 Å².